The summed E-state index contributed by atoms with van der Waals surface area (Å²) in [6.45, 7) is 6.26. The highest BCUT2D eigenvalue weighted by molar-refractivity contribution is 5.77. The van der Waals surface area contributed by atoms with Gasteiger partial charge in [-0.05, 0) is 83.5 Å². The number of aliphatic hydroxyl groups excluding tert-OH is 2. The minimum Gasteiger partial charge on any atom is -0.462 e. The summed E-state index contributed by atoms with van der Waals surface area (Å²) in [4.78, 5) is 26.1. The van der Waals surface area contributed by atoms with Crippen LogP contribution in [0.4, 0.5) is 0 Å². The van der Waals surface area contributed by atoms with Gasteiger partial charge in [-0.25, -0.2) is 0 Å². The summed E-state index contributed by atoms with van der Waals surface area (Å²) in [6, 6.07) is -0.729. The van der Waals surface area contributed by atoms with Gasteiger partial charge in [0.2, 0.25) is 5.91 Å². The van der Waals surface area contributed by atoms with Crippen molar-refractivity contribution >= 4 is 11.9 Å². The number of allylic oxidation sites excluding steroid dienone is 18. The lowest BCUT2D eigenvalue weighted by Gasteiger charge is -2.24. The highest BCUT2D eigenvalue weighted by Gasteiger charge is 2.24. The van der Waals surface area contributed by atoms with Gasteiger partial charge in [-0.1, -0.05) is 214 Å². The molecule has 0 aliphatic rings. The van der Waals surface area contributed by atoms with E-state index in [4.69, 9.17) is 4.74 Å². The third kappa shape index (κ3) is 43.0. The zero-order valence-corrected chi connectivity index (χ0v) is 39.2. The molecule has 0 saturated carbocycles. The van der Waals surface area contributed by atoms with E-state index in [0.717, 1.165) is 83.5 Å². The number of rotatable bonds is 42. The SMILES string of the molecule is CC\C=C/C=C/C=C/C=C\C=C\C=C\CCCCCC(=O)OC(CCCC/C=C\C/C=C\C/C=C\CCCCC)CC(=O)NC(CO)C(O)CCCCCCCCCCCC. The van der Waals surface area contributed by atoms with Crippen LogP contribution in [0.1, 0.15) is 201 Å². The number of hydrogen-bond donors (Lipinski definition) is 3. The van der Waals surface area contributed by atoms with Crippen molar-refractivity contribution in [3.05, 3.63) is 109 Å². The van der Waals surface area contributed by atoms with Gasteiger partial charge in [0.15, 0.2) is 0 Å². The molecule has 0 aliphatic heterocycles. The van der Waals surface area contributed by atoms with Gasteiger partial charge in [0.1, 0.15) is 6.10 Å². The number of carbonyl (C=O) groups is 2. The average molecular weight is 846 g/mol. The number of amides is 1. The summed E-state index contributed by atoms with van der Waals surface area (Å²) in [5.41, 5.74) is 0. The molecule has 0 rings (SSSR count). The first-order valence-corrected chi connectivity index (χ1v) is 24.7. The van der Waals surface area contributed by atoms with E-state index >= 15 is 0 Å². The Labute approximate surface area is 375 Å². The highest BCUT2D eigenvalue weighted by Crippen LogP contribution is 2.16. The predicted molar refractivity (Wildman–Crippen MR) is 263 cm³/mol. The van der Waals surface area contributed by atoms with Gasteiger partial charge < -0.3 is 20.3 Å². The van der Waals surface area contributed by atoms with Gasteiger partial charge in [0, 0.05) is 6.42 Å². The first kappa shape index (κ1) is 57.5. The second-order valence-corrected chi connectivity index (χ2v) is 16.3. The Hall–Kier alpha value is -3.48. The van der Waals surface area contributed by atoms with Crippen LogP contribution in [0.15, 0.2) is 109 Å². The molecule has 0 heterocycles. The first-order chi connectivity index (χ1) is 30.0. The topological polar surface area (TPSA) is 95.9 Å². The van der Waals surface area contributed by atoms with Crippen LogP contribution in [0.2, 0.25) is 0 Å². The van der Waals surface area contributed by atoms with Crippen molar-refractivity contribution < 1.29 is 24.5 Å². The van der Waals surface area contributed by atoms with Crippen molar-refractivity contribution in [2.45, 2.75) is 219 Å². The van der Waals surface area contributed by atoms with Gasteiger partial charge in [-0.2, -0.15) is 0 Å². The fourth-order valence-corrected chi connectivity index (χ4v) is 6.76. The number of hydrogen-bond acceptors (Lipinski definition) is 5. The number of unbranched alkanes of at least 4 members (excludes halogenated alkanes) is 17. The molecule has 3 N–H and O–H groups in total. The lowest BCUT2D eigenvalue weighted by atomic mass is 10.0. The van der Waals surface area contributed by atoms with Crippen LogP contribution in [-0.2, 0) is 14.3 Å². The molecule has 0 aromatic carbocycles. The largest absolute Gasteiger partial charge is 0.462 e. The van der Waals surface area contributed by atoms with Crippen LogP contribution in [0.3, 0.4) is 0 Å². The summed E-state index contributed by atoms with van der Waals surface area (Å²) in [6.07, 6.45) is 64.2. The molecule has 61 heavy (non-hydrogen) atoms. The molecule has 0 fully saturated rings. The highest BCUT2D eigenvalue weighted by atomic mass is 16.5. The maximum Gasteiger partial charge on any atom is 0.306 e. The Morgan fingerprint density at radius 3 is 1.52 bits per heavy atom. The fourth-order valence-electron chi connectivity index (χ4n) is 6.76. The van der Waals surface area contributed by atoms with Crippen LogP contribution in [-0.4, -0.2) is 46.9 Å². The summed E-state index contributed by atoms with van der Waals surface area (Å²) in [5.74, 6) is -0.575. The minimum atomic E-state index is -0.812. The summed E-state index contributed by atoms with van der Waals surface area (Å²) < 4.78 is 5.89. The molecule has 0 aromatic rings. The molecule has 0 aliphatic carbocycles. The van der Waals surface area contributed by atoms with Gasteiger partial charge >= 0.3 is 5.97 Å². The van der Waals surface area contributed by atoms with Crippen molar-refractivity contribution in [2.75, 3.05) is 6.61 Å². The lowest BCUT2D eigenvalue weighted by Crippen LogP contribution is -2.46. The van der Waals surface area contributed by atoms with Crippen LogP contribution in [0.5, 0.6) is 0 Å². The summed E-state index contributed by atoms with van der Waals surface area (Å²) in [7, 11) is 0. The first-order valence-electron chi connectivity index (χ1n) is 24.7. The number of carbonyl (C=O) groups excluding carboxylic acids is 2. The third-order valence-corrected chi connectivity index (χ3v) is 10.5. The van der Waals surface area contributed by atoms with Crippen molar-refractivity contribution in [1.29, 1.82) is 0 Å². The Kier molecular flexibility index (Phi) is 44.9. The Balaban J connectivity index is 4.80. The zero-order valence-electron chi connectivity index (χ0n) is 39.2. The molecule has 1 amide bonds. The lowest BCUT2D eigenvalue weighted by molar-refractivity contribution is -0.151. The summed E-state index contributed by atoms with van der Waals surface area (Å²) in [5, 5.41) is 23.7. The van der Waals surface area contributed by atoms with Crippen molar-refractivity contribution in [1.82, 2.24) is 5.32 Å². The normalized spacial score (nSPS) is 14.2. The average Bonchev–Trinajstić information content (AvgIpc) is 3.25. The standard InChI is InChI=1S/C55H91NO5/c1-4-7-10-13-16-19-22-24-26-27-29-31-33-36-39-42-45-48-55(60)61-51(46-43-40-37-34-32-30-28-25-23-20-17-14-11-8-5-2)49-54(59)56-52(50-57)53(58)47-44-41-38-35-21-18-15-12-9-6-3/h7,10,13,16-17,19-20,22,24-29,31-34,51-53,57-58H,4-6,8-9,11-12,14-15,18,21,23,30,35-50H2,1-3H3,(H,56,59)/b10-7-,16-13+,20-17-,22-19+,26-24-,28-25-,29-27+,33-31+,34-32-. The van der Waals surface area contributed by atoms with E-state index in [-0.39, 0.29) is 24.9 Å². The van der Waals surface area contributed by atoms with E-state index in [9.17, 15) is 19.8 Å². The van der Waals surface area contributed by atoms with Crippen LogP contribution < -0.4 is 5.32 Å². The molecule has 0 saturated heterocycles. The maximum absolute atomic E-state index is 13.2. The van der Waals surface area contributed by atoms with Crippen molar-refractivity contribution in [3.63, 3.8) is 0 Å². The van der Waals surface area contributed by atoms with E-state index < -0.39 is 18.2 Å². The molecular weight excluding hydrogens is 755 g/mol. The molecule has 3 unspecified atom stereocenters. The van der Waals surface area contributed by atoms with Gasteiger partial charge in [-0.15, -0.1) is 0 Å². The Morgan fingerprint density at radius 2 is 0.951 bits per heavy atom. The smallest absolute Gasteiger partial charge is 0.306 e. The van der Waals surface area contributed by atoms with Gasteiger partial charge in [0.25, 0.3) is 0 Å². The zero-order chi connectivity index (χ0) is 44.5. The molecular formula is C55H91NO5. The monoisotopic (exact) mass is 846 g/mol. The quantitative estimate of drug-likeness (QED) is 0.0246. The molecule has 3 atom stereocenters. The van der Waals surface area contributed by atoms with Crippen LogP contribution >= 0.6 is 0 Å². The molecule has 0 spiro atoms. The number of aliphatic hydroxyl groups is 2. The summed E-state index contributed by atoms with van der Waals surface area (Å²) >= 11 is 0. The van der Waals surface area contributed by atoms with Crippen LogP contribution in [0, 0.1) is 0 Å². The minimum absolute atomic E-state index is 0.0262. The second-order valence-electron chi connectivity index (χ2n) is 16.3. The number of esters is 1. The van der Waals surface area contributed by atoms with E-state index in [1.54, 1.807) is 0 Å². The molecule has 0 radical (unpaired) electrons. The molecule has 346 valence electrons. The van der Waals surface area contributed by atoms with Crippen molar-refractivity contribution in [3.8, 4) is 0 Å². The Bertz CT molecular complexity index is 1270. The number of ether oxygens (including phenoxy) is 1. The van der Waals surface area contributed by atoms with Gasteiger partial charge in [0.05, 0.1) is 25.2 Å². The van der Waals surface area contributed by atoms with E-state index in [1.807, 2.05) is 54.7 Å². The van der Waals surface area contributed by atoms with E-state index in [2.05, 4.69) is 80.8 Å². The Morgan fingerprint density at radius 1 is 0.508 bits per heavy atom. The second kappa shape index (κ2) is 47.6. The molecule has 6 heteroatoms. The van der Waals surface area contributed by atoms with E-state index in [1.165, 1.54) is 70.6 Å². The van der Waals surface area contributed by atoms with E-state index in [0.29, 0.717) is 19.3 Å². The van der Waals surface area contributed by atoms with Gasteiger partial charge in [-0.3, -0.25) is 9.59 Å². The van der Waals surface area contributed by atoms with Crippen LogP contribution in [0.25, 0.3) is 0 Å². The molecule has 0 bridgehead atoms. The predicted octanol–water partition coefficient (Wildman–Crippen LogP) is 14.7. The molecule has 6 nitrogen and oxygen atoms in total. The molecule has 0 aromatic heterocycles. The third-order valence-electron chi connectivity index (χ3n) is 10.5. The number of nitrogens with one attached hydrogen (secondary N) is 1. The van der Waals surface area contributed by atoms with Crippen molar-refractivity contribution in [2.24, 2.45) is 0 Å². The fraction of sp³-hybridized carbons (Fsp3) is 0.636. The maximum atomic E-state index is 13.2.